The van der Waals surface area contributed by atoms with Crippen molar-refractivity contribution in [1.82, 2.24) is 0 Å². The smallest absolute Gasteiger partial charge is 0.338 e. The lowest BCUT2D eigenvalue weighted by molar-refractivity contribution is -0.122. The summed E-state index contributed by atoms with van der Waals surface area (Å²) in [5.74, 6) is -1.18. The largest absolute Gasteiger partial charge is 0.462 e. The number of nitrogens with zero attached hydrogens (tertiary/aromatic N) is 1. The molecule has 0 N–H and O–H groups in total. The van der Waals surface area contributed by atoms with Gasteiger partial charge in [-0.15, -0.1) is 0 Å². The van der Waals surface area contributed by atoms with E-state index in [4.69, 9.17) is 4.74 Å². The molecule has 0 bridgehead atoms. The van der Waals surface area contributed by atoms with Crippen molar-refractivity contribution < 1.29 is 19.1 Å². The van der Waals surface area contributed by atoms with E-state index < -0.39 is 5.97 Å². The zero-order chi connectivity index (χ0) is 17.8. The van der Waals surface area contributed by atoms with E-state index in [0.717, 1.165) is 5.56 Å². The summed E-state index contributed by atoms with van der Waals surface area (Å²) in [6.45, 7) is 2.03. The van der Waals surface area contributed by atoms with Gasteiger partial charge in [0.25, 0.3) is 0 Å². The summed E-state index contributed by atoms with van der Waals surface area (Å²) in [6, 6.07) is 16.0. The minimum absolute atomic E-state index is 0.197. The monoisotopic (exact) mass is 337 g/mol. The quantitative estimate of drug-likeness (QED) is 0.621. The maximum Gasteiger partial charge on any atom is 0.338 e. The molecule has 1 heterocycles. The molecule has 0 aromatic heterocycles. The molecule has 0 aliphatic carbocycles. The topological polar surface area (TPSA) is 63.7 Å². The van der Waals surface area contributed by atoms with Crippen LogP contribution >= 0.6 is 0 Å². The number of hydrogen-bond donors (Lipinski definition) is 0. The maximum absolute atomic E-state index is 12.7. The Hall–Kier alpha value is -2.95. The van der Waals surface area contributed by atoms with Gasteiger partial charge in [0.15, 0.2) is 0 Å². The molecule has 0 saturated carbocycles. The fourth-order valence-electron chi connectivity index (χ4n) is 2.99. The molecule has 0 radical (unpaired) electrons. The summed E-state index contributed by atoms with van der Waals surface area (Å²) in [7, 11) is 0. The fraction of sp³-hybridized carbons (Fsp3) is 0.250. The first-order chi connectivity index (χ1) is 12.1. The molecule has 0 spiro atoms. The maximum atomic E-state index is 12.7. The van der Waals surface area contributed by atoms with Crippen LogP contribution in [0.1, 0.15) is 29.3 Å². The summed E-state index contributed by atoms with van der Waals surface area (Å²) < 4.78 is 4.93. The standard InChI is InChI=1S/C20H19NO4/c1-2-25-20(24)15-8-10-17(11-9-15)21-18(22)13-16(19(21)23)12-14-6-4-3-5-7-14/h3-11,16H,2,12-13H2,1H3/t16-/m0/s1. The number of amides is 2. The van der Waals surface area contributed by atoms with E-state index in [1.54, 1.807) is 31.2 Å². The minimum Gasteiger partial charge on any atom is -0.462 e. The number of hydrogen-bond acceptors (Lipinski definition) is 4. The Bertz CT molecular complexity index is 783. The average Bonchev–Trinajstić information content (AvgIpc) is 2.90. The molecular formula is C20H19NO4. The van der Waals surface area contributed by atoms with E-state index in [0.29, 0.717) is 24.3 Å². The molecule has 3 rings (SSSR count). The lowest BCUT2D eigenvalue weighted by Crippen LogP contribution is -2.30. The van der Waals surface area contributed by atoms with Gasteiger partial charge >= 0.3 is 5.97 Å². The van der Waals surface area contributed by atoms with Crippen LogP contribution in [0.3, 0.4) is 0 Å². The molecule has 2 aromatic carbocycles. The third kappa shape index (κ3) is 3.60. The lowest BCUT2D eigenvalue weighted by Gasteiger charge is -2.15. The zero-order valence-electron chi connectivity index (χ0n) is 14.0. The van der Waals surface area contributed by atoms with Gasteiger partial charge in [0.05, 0.1) is 23.8 Å². The van der Waals surface area contributed by atoms with E-state index in [1.165, 1.54) is 4.90 Å². The number of imide groups is 1. The number of esters is 1. The Kier molecular flexibility index (Phi) is 4.93. The van der Waals surface area contributed by atoms with Crippen LogP contribution in [0, 0.1) is 5.92 Å². The van der Waals surface area contributed by atoms with Crippen molar-refractivity contribution in [2.24, 2.45) is 5.92 Å². The van der Waals surface area contributed by atoms with Crippen molar-refractivity contribution in [3.05, 3.63) is 65.7 Å². The Morgan fingerprint density at radius 2 is 1.76 bits per heavy atom. The van der Waals surface area contributed by atoms with Gasteiger partial charge < -0.3 is 4.74 Å². The van der Waals surface area contributed by atoms with Crippen LogP contribution in [-0.4, -0.2) is 24.4 Å². The predicted molar refractivity (Wildman–Crippen MR) is 93.1 cm³/mol. The number of rotatable bonds is 5. The van der Waals surface area contributed by atoms with Gasteiger partial charge in [-0.1, -0.05) is 30.3 Å². The number of carbonyl (C=O) groups is 3. The summed E-state index contributed by atoms with van der Waals surface area (Å²) >= 11 is 0. The molecule has 1 saturated heterocycles. The predicted octanol–water partition coefficient (Wildman–Crippen LogP) is 2.99. The highest BCUT2D eigenvalue weighted by Crippen LogP contribution is 2.29. The van der Waals surface area contributed by atoms with Crippen LogP contribution in [0.15, 0.2) is 54.6 Å². The molecule has 1 aliphatic heterocycles. The highest BCUT2D eigenvalue weighted by molar-refractivity contribution is 6.21. The first kappa shape index (κ1) is 16.9. The zero-order valence-corrected chi connectivity index (χ0v) is 14.0. The number of benzene rings is 2. The molecule has 128 valence electrons. The van der Waals surface area contributed by atoms with Crippen LogP contribution in [0.4, 0.5) is 5.69 Å². The van der Waals surface area contributed by atoms with E-state index in [2.05, 4.69) is 0 Å². The normalized spacial score (nSPS) is 17.0. The average molecular weight is 337 g/mol. The second kappa shape index (κ2) is 7.30. The first-order valence-corrected chi connectivity index (χ1v) is 8.28. The molecule has 1 aliphatic rings. The Morgan fingerprint density at radius 3 is 2.40 bits per heavy atom. The van der Waals surface area contributed by atoms with Crippen LogP contribution < -0.4 is 4.90 Å². The third-order valence-corrected chi connectivity index (χ3v) is 4.20. The van der Waals surface area contributed by atoms with Crippen molar-refractivity contribution in [3.63, 3.8) is 0 Å². The van der Waals surface area contributed by atoms with Gasteiger partial charge in [0, 0.05) is 6.42 Å². The summed E-state index contributed by atoms with van der Waals surface area (Å²) in [5.41, 5.74) is 1.91. The summed E-state index contributed by atoms with van der Waals surface area (Å²) in [6.07, 6.45) is 0.746. The summed E-state index contributed by atoms with van der Waals surface area (Å²) in [4.78, 5) is 37.9. The van der Waals surface area contributed by atoms with Gasteiger partial charge in [0.1, 0.15) is 0 Å². The van der Waals surface area contributed by atoms with Gasteiger partial charge in [-0.3, -0.25) is 14.5 Å². The van der Waals surface area contributed by atoms with Crippen LogP contribution in [0.25, 0.3) is 0 Å². The van der Waals surface area contributed by atoms with Crippen molar-refractivity contribution in [2.75, 3.05) is 11.5 Å². The molecule has 2 aromatic rings. The third-order valence-electron chi connectivity index (χ3n) is 4.20. The Balaban J connectivity index is 1.75. The van der Waals surface area contributed by atoms with Crippen molar-refractivity contribution in [2.45, 2.75) is 19.8 Å². The molecule has 0 unspecified atom stereocenters. The minimum atomic E-state index is -0.421. The second-order valence-electron chi connectivity index (χ2n) is 5.93. The Labute approximate surface area is 146 Å². The molecular weight excluding hydrogens is 318 g/mol. The SMILES string of the molecule is CCOC(=O)c1ccc(N2C(=O)C[C@H](Cc3ccccc3)C2=O)cc1. The van der Waals surface area contributed by atoms with Crippen LogP contribution in [0.2, 0.25) is 0 Å². The Morgan fingerprint density at radius 1 is 1.08 bits per heavy atom. The molecule has 1 fully saturated rings. The van der Waals surface area contributed by atoms with Crippen molar-refractivity contribution in [1.29, 1.82) is 0 Å². The highest BCUT2D eigenvalue weighted by Gasteiger charge is 2.39. The highest BCUT2D eigenvalue weighted by atomic mass is 16.5. The van der Waals surface area contributed by atoms with Gasteiger partial charge in [-0.2, -0.15) is 0 Å². The number of anilines is 1. The van der Waals surface area contributed by atoms with Gasteiger partial charge in [-0.05, 0) is 43.2 Å². The molecule has 2 amide bonds. The van der Waals surface area contributed by atoms with Crippen molar-refractivity contribution in [3.8, 4) is 0 Å². The van der Waals surface area contributed by atoms with E-state index in [9.17, 15) is 14.4 Å². The van der Waals surface area contributed by atoms with Gasteiger partial charge in [-0.25, -0.2) is 4.79 Å². The summed E-state index contributed by atoms with van der Waals surface area (Å²) in [5, 5.41) is 0. The first-order valence-electron chi connectivity index (χ1n) is 8.28. The van der Waals surface area contributed by atoms with E-state index in [-0.39, 0.29) is 24.2 Å². The number of ether oxygens (including phenoxy) is 1. The lowest BCUT2D eigenvalue weighted by atomic mass is 9.98. The van der Waals surface area contributed by atoms with Gasteiger partial charge in [0.2, 0.25) is 11.8 Å². The fourth-order valence-corrected chi connectivity index (χ4v) is 2.99. The van der Waals surface area contributed by atoms with Crippen LogP contribution in [-0.2, 0) is 20.7 Å². The van der Waals surface area contributed by atoms with E-state index >= 15 is 0 Å². The van der Waals surface area contributed by atoms with Crippen molar-refractivity contribution >= 4 is 23.5 Å². The second-order valence-corrected chi connectivity index (χ2v) is 5.93. The molecule has 1 atom stereocenters. The molecule has 5 nitrogen and oxygen atoms in total. The number of carbonyl (C=O) groups excluding carboxylic acids is 3. The van der Waals surface area contributed by atoms with E-state index in [1.807, 2.05) is 30.3 Å². The van der Waals surface area contributed by atoms with Crippen LogP contribution in [0.5, 0.6) is 0 Å². The molecule has 25 heavy (non-hydrogen) atoms. The molecule has 5 heteroatoms.